The van der Waals surface area contributed by atoms with E-state index in [1.54, 1.807) is 52.1 Å². The summed E-state index contributed by atoms with van der Waals surface area (Å²) >= 11 is 0. The van der Waals surface area contributed by atoms with E-state index in [9.17, 15) is 9.59 Å². The van der Waals surface area contributed by atoms with Gasteiger partial charge in [-0.3, -0.25) is 15.0 Å². The van der Waals surface area contributed by atoms with Gasteiger partial charge in [-0.05, 0) is 75.6 Å². The van der Waals surface area contributed by atoms with E-state index >= 15 is 0 Å². The third kappa shape index (κ3) is 9.26. The maximum atomic E-state index is 13.4. The molecule has 10 nitrogen and oxygen atoms in total. The number of hydrogen-bond acceptors (Lipinski definition) is 9. The second kappa shape index (κ2) is 14.0. The normalized spacial score (nSPS) is 16.7. The molecule has 1 atom stereocenters. The third-order valence-corrected chi connectivity index (χ3v) is 5.92. The van der Waals surface area contributed by atoms with Crippen LogP contribution >= 0.6 is 0 Å². The molecule has 2 aromatic rings. The van der Waals surface area contributed by atoms with Crippen molar-refractivity contribution in [2.24, 2.45) is 4.99 Å². The molecular weight excluding hydrogens is 502 g/mol. The number of rotatable bonds is 14. The molecule has 0 aromatic heterocycles. The minimum absolute atomic E-state index is 0.00806. The molecule has 1 aliphatic rings. The van der Waals surface area contributed by atoms with Crippen molar-refractivity contribution in [3.05, 3.63) is 59.7 Å². The fourth-order valence-corrected chi connectivity index (χ4v) is 3.86. The quantitative estimate of drug-likeness (QED) is 0.189. The molecule has 0 saturated heterocycles. The predicted molar refractivity (Wildman–Crippen MR) is 147 cm³/mol. The fraction of sp³-hybridized carbons (Fsp3) is 0.483. The van der Waals surface area contributed by atoms with E-state index in [2.05, 4.69) is 15.8 Å². The van der Waals surface area contributed by atoms with Crippen LogP contribution in [-0.2, 0) is 25.5 Å². The van der Waals surface area contributed by atoms with Gasteiger partial charge in [0.05, 0.1) is 13.7 Å². The van der Waals surface area contributed by atoms with Crippen molar-refractivity contribution in [1.82, 2.24) is 10.9 Å². The van der Waals surface area contributed by atoms with Gasteiger partial charge in [0.2, 0.25) is 5.90 Å². The van der Waals surface area contributed by atoms with E-state index < -0.39 is 17.1 Å². The van der Waals surface area contributed by atoms with E-state index in [0.717, 1.165) is 11.3 Å². The number of aliphatic hydroxyl groups is 1. The number of methoxy groups -OCH3 is 1. The summed E-state index contributed by atoms with van der Waals surface area (Å²) < 4.78 is 22.1. The standard InChI is InChI=1S/C29H39N3O7/c1-28(2,3)39-25(34)14-16-29(27(35)32-30-17-15-21-6-10-23(36-4)11-7-21)20-38-26(31-29)22-8-12-24(13-9-22)37-19-5-18-33/h6-13,30,33H,5,14-20H2,1-4H3,(H,32,35)/t29-/m0/s1. The molecule has 0 bridgehead atoms. The summed E-state index contributed by atoms with van der Waals surface area (Å²) in [6.45, 7) is 6.35. The molecule has 3 rings (SSSR count). The van der Waals surface area contributed by atoms with Gasteiger partial charge in [-0.25, -0.2) is 10.4 Å². The van der Waals surface area contributed by atoms with E-state index in [4.69, 9.17) is 24.1 Å². The van der Waals surface area contributed by atoms with Gasteiger partial charge in [0.1, 0.15) is 23.7 Å². The molecule has 0 aliphatic carbocycles. The van der Waals surface area contributed by atoms with Gasteiger partial charge < -0.3 is 24.1 Å². The van der Waals surface area contributed by atoms with Crippen molar-refractivity contribution in [3.8, 4) is 11.5 Å². The second-order valence-corrected chi connectivity index (χ2v) is 10.3. The van der Waals surface area contributed by atoms with Crippen molar-refractivity contribution < 1.29 is 33.6 Å². The zero-order valence-electron chi connectivity index (χ0n) is 23.1. The van der Waals surface area contributed by atoms with Crippen LogP contribution in [0.1, 0.15) is 51.2 Å². The lowest BCUT2D eigenvalue weighted by atomic mass is 9.94. The van der Waals surface area contributed by atoms with E-state index in [-0.39, 0.29) is 32.0 Å². The van der Waals surface area contributed by atoms with Crippen LogP contribution in [0.3, 0.4) is 0 Å². The number of nitrogens with one attached hydrogen (secondary N) is 2. The van der Waals surface area contributed by atoms with Crippen LogP contribution in [0.2, 0.25) is 0 Å². The highest BCUT2D eigenvalue weighted by Crippen LogP contribution is 2.28. The summed E-state index contributed by atoms with van der Waals surface area (Å²) in [6.07, 6.45) is 1.36. The Bertz CT molecular complexity index is 1110. The maximum absolute atomic E-state index is 13.4. The van der Waals surface area contributed by atoms with Crippen molar-refractivity contribution in [2.75, 3.05) is 33.5 Å². The SMILES string of the molecule is COc1ccc(CCNNC(=O)[C@]2(CCC(=O)OC(C)(C)C)COC(c3ccc(OCCCO)cc3)=N2)cc1. The van der Waals surface area contributed by atoms with Gasteiger partial charge in [0.15, 0.2) is 5.54 Å². The first-order valence-corrected chi connectivity index (χ1v) is 13.1. The molecule has 0 fully saturated rings. The lowest BCUT2D eigenvalue weighted by Gasteiger charge is -2.24. The third-order valence-electron chi connectivity index (χ3n) is 5.92. The summed E-state index contributed by atoms with van der Waals surface area (Å²) in [6, 6.07) is 14.9. The van der Waals surface area contributed by atoms with Crippen molar-refractivity contribution in [3.63, 3.8) is 0 Å². The van der Waals surface area contributed by atoms with Crippen LogP contribution in [0.4, 0.5) is 0 Å². The summed E-state index contributed by atoms with van der Waals surface area (Å²) in [5, 5.41) is 8.91. The summed E-state index contributed by atoms with van der Waals surface area (Å²) in [5.41, 5.74) is 5.57. The molecule has 0 unspecified atom stereocenters. The first-order valence-electron chi connectivity index (χ1n) is 13.1. The molecule has 0 saturated carbocycles. The van der Waals surface area contributed by atoms with Crippen LogP contribution in [0, 0.1) is 0 Å². The highest BCUT2D eigenvalue weighted by Gasteiger charge is 2.45. The zero-order valence-corrected chi connectivity index (χ0v) is 23.1. The van der Waals surface area contributed by atoms with Crippen LogP contribution in [0.25, 0.3) is 0 Å². The zero-order chi connectivity index (χ0) is 28.3. The summed E-state index contributed by atoms with van der Waals surface area (Å²) in [5.74, 6) is 0.955. The Balaban J connectivity index is 1.67. The number of hydrogen-bond donors (Lipinski definition) is 3. The van der Waals surface area contributed by atoms with Gasteiger partial charge in [-0.2, -0.15) is 0 Å². The number of aliphatic hydroxyl groups excluding tert-OH is 1. The Morgan fingerprint density at radius 1 is 1.08 bits per heavy atom. The fourth-order valence-electron chi connectivity index (χ4n) is 3.86. The molecule has 1 heterocycles. The molecule has 0 spiro atoms. The van der Waals surface area contributed by atoms with Crippen molar-refractivity contribution in [2.45, 2.75) is 57.6 Å². The number of aliphatic imine (C=N–C) groups is 1. The topological polar surface area (TPSA) is 128 Å². The van der Waals surface area contributed by atoms with Crippen molar-refractivity contribution >= 4 is 17.8 Å². The van der Waals surface area contributed by atoms with Crippen LogP contribution in [0.5, 0.6) is 11.5 Å². The van der Waals surface area contributed by atoms with Gasteiger partial charge >= 0.3 is 5.97 Å². The number of hydrazine groups is 1. The van der Waals surface area contributed by atoms with E-state index in [1.807, 2.05) is 24.3 Å². The van der Waals surface area contributed by atoms with Crippen LogP contribution < -0.4 is 20.3 Å². The molecule has 10 heteroatoms. The summed E-state index contributed by atoms with van der Waals surface area (Å²) in [4.78, 5) is 30.5. The Hall–Kier alpha value is -3.63. The number of ether oxygens (including phenoxy) is 4. The number of nitrogens with zero attached hydrogens (tertiary/aromatic N) is 1. The molecule has 212 valence electrons. The average molecular weight is 542 g/mol. The molecule has 0 radical (unpaired) electrons. The molecular formula is C29H39N3O7. The number of benzene rings is 2. The Morgan fingerprint density at radius 2 is 1.77 bits per heavy atom. The second-order valence-electron chi connectivity index (χ2n) is 10.3. The van der Waals surface area contributed by atoms with Gasteiger partial charge in [-0.15, -0.1) is 0 Å². The van der Waals surface area contributed by atoms with E-state index in [0.29, 0.717) is 43.2 Å². The maximum Gasteiger partial charge on any atom is 0.306 e. The number of esters is 1. The smallest absolute Gasteiger partial charge is 0.306 e. The Morgan fingerprint density at radius 3 is 2.41 bits per heavy atom. The largest absolute Gasteiger partial charge is 0.497 e. The Labute approximate surface area is 229 Å². The van der Waals surface area contributed by atoms with Crippen LogP contribution in [0.15, 0.2) is 53.5 Å². The van der Waals surface area contributed by atoms with Crippen LogP contribution in [-0.4, -0.2) is 67.5 Å². The number of carbonyl (C=O) groups is 2. The Kier molecular flexibility index (Phi) is 10.7. The molecule has 39 heavy (non-hydrogen) atoms. The van der Waals surface area contributed by atoms with Gasteiger partial charge in [-0.1, -0.05) is 12.1 Å². The monoisotopic (exact) mass is 541 g/mol. The number of amides is 1. The highest BCUT2D eigenvalue weighted by atomic mass is 16.6. The predicted octanol–water partition coefficient (Wildman–Crippen LogP) is 2.96. The van der Waals surface area contributed by atoms with Crippen molar-refractivity contribution in [1.29, 1.82) is 0 Å². The van der Waals surface area contributed by atoms with Gasteiger partial charge in [0.25, 0.3) is 5.91 Å². The van der Waals surface area contributed by atoms with E-state index in [1.165, 1.54) is 0 Å². The lowest BCUT2D eigenvalue weighted by Crippen LogP contribution is -2.52. The average Bonchev–Trinajstić information content (AvgIpc) is 3.36. The lowest BCUT2D eigenvalue weighted by molar-refractivity contribution is -0.155. The minimum atomic E-state index is -1.30. The minimum Gasteiger partial charge on any atom is -0.497 e. The number of carbonyl (C=O) groups excluding carboxylic acids is 2. The molecule has 2 aromatic carbocycles. The molecule has 3 N–H and O–H groups in total. The first kappa shape index (κ1) is 29.9. The molecule has 1 amide bonds. The van der Waals surface area contributed by atoms with Gasteiger partial charge in [0, 0.05) is 31.6 Å². The highest BCUT2D eigenvalue weighted by molar-refractivity contribution is 6.00. The first-order chi connectivity index (χ1) is 18.6. The summed E-state index contributed by atoms with van der Waals surface area (Å²) in [7, 11) is 1.62. The molecule has 1 aliphatic heterocycles.